The van der Waals surface area contributed by atoms with E-state index < -0.39 is 6.29 Å². The van der Waals surface area contributed by atoms with Gasteiger partial charge >= 0.3 is 0 Å². The average molecular weight is 202 g/mol. The molecule has 0 heterocycles. The first-order valence-electron chi connectivity index (χ1n) is 5.21. The van der Waals surface area contributed by atoms with Crippen LogP contribution >= 0.6 is 0 Å². The maximum Gasteiger partial charge on any atom is 0.157 e. The van der Waals surface area contributed by atoms with Crippen molar-refractivity contribution >= 4 is 0 Å². The Bertz CT molecular complexity index is 203. The predicted molar refractivity (Wildman–Crippen MR) is 54.7 cm³/mol. The summed E-state index contributed by atoms with van der Waals surface area (Å²) in [6, 6.07) is 0. The Labute approximate surface area is 86.1 Å². The summed E-state index contributed by atoms with van der Waals surface area (Å²) in [5.74, 6) is 0.115. The van der Waals surface area contributed by atoms with Gasteiger partial charge in [0.1, 0.15) is 0 Å². The minimum Gasteiger partial charge on any atom is -0.396 e. The molecule has 1 fully saturated rings. The molecule has 0 bridgehead atoms. The highest BCUT2D eigenvalue weighted by molar-refractivity contribution is 5.00. The number of aliphatic hydroxyl groups excluding tert-OH is 2. The standard InChI is InChI=1S/C11H22O3/c1-10(2)8(9(13)14-4)5-6-11(10,3)7-12/h8-9,12-13H,5-7H2,1-4H3/t8-,9?,11+/m1/s1. The molecule has 2 N–H and O–H groups in total. The lowest BCUT2D eigenvalue weighted by molar-refractivity contribution is -0.147. The lowest BCUT2D eigenvalue weighted by Crippen LogP contribution is -2.41. The van der Waals surface area contributed by atoms with Crippen LogP contribution in [0.5, 0.6) is 0 Å². The van der Waals surface area contributed by atoms with Gasteiger partial charge in [-0.2, -0.15) is 0 Å². The quantitative estimate of drug-likeness (QED) is 0.680. The van der Waals surface area contributed by atoms with Gasteiger partial charge in [-0.15, -0.1) is 0 Å². The Morgan fingerprint density at radius 1 is 1.43 bits per heavy atom. The second kappa shape index (κ2) is 3.80. The number of methoxy groups -OCH3 is 1. The van der Waals surface area contributed by atoms with Gasteiger partial charge in [-0.3, -0.25) is 0 Å². The van der Waals surface area contributed by atoms with E-state index in [1.54, 1.807) is 0 Å². The summed E-state index contributed by atoms with van der Waals surface area (Å²) in [5, 5.41) is 19.1. The maximum absolute atomic E-state index is 9.72. The first-order chi connectivity index (χ1) is 6.39. The molecule has 3 nitrogen and oxygen atoms in total. The molecule has 0 saturated heterocycles. The number of hydrogen-bond donors (Lipinski definition) is 2. The Hall–Kier alpha value is -0.120. The first-order valence-corrected chi connectivity index (χ1v) is 5.21. The fourth-order valence-corrected chi connectivity index (χ4v) is 2.55. The third-order valence-corrected chi connectivity index (χ3v) is 4.42. The van der Waals surface area contributed by atoms with Crippen molar-refractivity contribution < 1.29 is 14.9 Å². The molecule has 1 rings (SSSR count). The van der Waals surface area contributed by atoms with Crippen molar-refractivity contribution in [2.45, 2.75) is 39.9 Å². The largest absolute Gasteiger partial charge is 0.396 e. The van der Waals surface area contributed by atoms with Gasteiger partial charge in [-0.25, -0.2) is 0 Å². The minimum atomic E-state index is -0.710. The van der Waals surface area contributed by atoms with Crippen LogP contribution in [0.3, 0.4) is 0 Å². The van der Waals surface area contributed by atoms with E-state index in [1.165, 1.54) is 7.11 Å². The van der Waals surface area contributed by atoms with Crippen molar-refractivity contribution in [3.05, 3.63) is 0 Å². The van der Waals surface area contributed by atoms with Crippen molar-refractivity contribution in [1.82, 2.24) is 0 Å². The van der Waals surface area contributed by atoms with E-state index in [9.17, 15) is 10.2 Å². The second-order valence-electron chi connectivity index (χ2n) is 5.21. The van der Waals surface area contributed by atoms with Crippen LogP contribution in [-0.2, 0) is 4.74 Å². The summed E-state index contributed by atoms with van der Waals surface area (Å²) in [7, 11) is 1.52. The highest BCUT2D eigenvalue weighted by Crippen LogP contribution is 2.56. The van der Waals surface area contributed by atoms with Crippen molar-refractivity contribution in [2.75, 3.05) is 13.7 Å². The fourth-order valence-electron chi connectivity index (χ4n) is 2.55. The van der Waals surface area contributed by atoms with E-state index in [0.29, 0.717) is 0 Å². The van der Waals surface area contributed by atoms with Crippen LogP contribution in [0.15, 0.2) is 0 Å². The van der Waals surface area contributed by atoms with Crippen LogP contribution in [0, 0.1) is 16.7 Å². The van der Waals surface area contributed by atoms with E-state index in [0.717, 1.165) is 12.8 Å². The van der Waals surface area contributed by atoms with Gasteiger partial charge in [-0.1, -0.05) is 20.8 Å². The normalized spacial score (nSPS) is 38.6. The van der Waals surface area contributed by atoms with Gasteiger partial charge in [0.25, 0.3) is 0 Å². The van der Waals surface area contributed by atoms with Crippen molar-refractivity contribution in [2.24, 2.45) is 16.7 Å². The Balaban J connectivity index is 2.86. The van der Waals surface area contributed by atoms with E-state index >= 15 is 0 Å². The molecular weight excluding hydrogens is 180 g/mol. The molecule has 1 aliphatic carbocycles. The Kier molecular flexibility index (Phi) is 3.24. The molecule has 84 valence electrons. The fraction of sp³-hybridized carbons (Fsp3) is 1.00. The molecule has 14 heavy (non-hydrogen) atoms. The number of hydrogen-bond acceptors (Lipinski definition) is 3. The van der Waals surface area contributed by atoms with Gasteiger partial charge in [0.05, 0.1) is 0 Å². The molecule has 0 aliphatic heterocycles. The molecule has 0 radical (unpaired) electrons. The molecule has 0 amide bonds. The number of aliphatic hydroxyl groups is 2. The zero-order valence-electron chi connectivity index (χ0n) is 9.58. The van der Waals surface area contributed by atoms with E-state index in [1.807, 2.05) is 0 Å². The SMILES string of the molecule is COC(O)[C@H]1CC[C@@](C)(CO)C1(C)C. The summed E-state index contributed by atoms with van der Waals surface area (Å²) >= 11 is 0. The van der Waals surface area contributed by atoms with Gasteiger partial charge in [0.15, 0.2) is 6.29 Å². The van der Waals surface area contributed by atoms with E-state index in [2.05, 4.69) is 20.8 Å². The smallest absolute Gasteiger partial charge is 0.157 e. The molecular formula is C11H22O3. The monoisotopic (exact) mass is 202 g/mol. The molecule has 3 heteroatoms. The van der Waals surface area contributed by atoms with Crippen LogP contribution in [-0.4, -0.2) is 30.2 Å². The van der Waals surface area contributed by atoms with Gasteiger partial charge in [-0.05, 0) is 23.7 Å². The topological polar surface area (TPSA) is 49.7 Å². The highest BCUT2D eigenvalue weighted by atomic mass is 16.6. The molecule has 0 spiro atoms. The third kappa shape index (κ3) is 1.58. The van der Waals surface area contributed by atoms with Crippen LogP contribution in [0.1, 0.15) is 33.6 Å². The van der Waals surface area contributed by atoms with Gasteiger partial charge < -0.3 is 14.9 Å². The van der Waals surface area contributed by atoms with E-state index in [4.69, 9.17) is 4.74 Å². The Morgan fingerprint density at radius 2 is 2.00 bits per heavy atom. The zero-order valence-corrected chi connectivity index (χ0v) is 9.58. The number of ether oxygens (including phenoxy) is 1. The van der Waals surface area contributed by atoms with Crippen LogP contribution in [0.25, 0.3) is 0 Å². The molecule has 0 aromatic carbocycles. The first kappa shape index (κ1) is 12.0. The Morgan fingerprint density at radius 3 is 2.36 bits per heavy atom. The molecule has 3 atom stereocenters. The summed E-state index contributed by atoms with van der Waals surface area (Å²) in [6.07, 6.45) is 1.15. The van der Waals surface area contributed by atoms with Crippen LogP contribution in [0.4, 0.5) is 0 Å². The summed E-state index contributed by atoms with van der Waals surface area (Å²) in [5.41, 5.74) is -0.186. The minimum absolute atomic E-state index is 0.0861. The summed E-state index contributed by atoms with van der Waals surface area (Å²) in [6.45, 7) is 6.45. The van der Waals surface area contributed by atoms with Crippen molar-refractivity contribution in [3.63, 3.8) is 0 Å². The van der Waals surface area contributed by atoms with Crippen molar-refractivity contribution in [1.29, 1.82) is 0 Å². The summed E-state index contributed by atoms with van der Waals surface area (Å²) < 4.78 is 4.98. The van der Waals surface area contributed by atoms with Crippen LogP contribution in [0.2, 0.25) is 0 Å². The molecule has 0 aromatic heterocycles. The van der Waals surface area contributed by atoms with E-state index in [-0.39, 0.29) is 23.4 Å². The maximum atomic E-state index is 9.72. The predicted octanol–water partition coefficient (Wildman–Crippen LogP) is 1.39. The second-order valence-corrected chi connectivity index (χ2v) is 5.21. The lowest BCUT2D eigenvalue weighted by atomic mass is 9.66. The molecule has 1 unspecified atom stereocenters. The average Bonchev–Trinajstić information content (AvgIpc) is 2.38. The molecule has 1 aliphatic rings. The third-order valence-electron chi connectivity index (χ3n) is 4.42. The number of rotatable bonds is 3. The summed E-state index contributed by atoms with van der Waals surface area (Å²) in [4.78, 5) is 0. The van der Waals surface area contributed by atoms with Crippen molar-refractivity contribution in [3.8, 4) is 0 Å². The zero-order chi connectivity index (χ0) is 11.0. The van der Waals surface area contributed by atoms with Crippen LogP contribution < -0.4 is 0 Å². The van der Waals surface area contributed by atoms with Gasteiger partial charge in [0.2, 0.25) is 0 Å². The lowest BCUT2D eigenvalue weighted by Gasteiger charge is -2.41. The highest BCUT2D eigenvalue weighted by Gasteiger charge is 2.53. The van der Waals surface area contributed by atoms with Gasteiger partial charge in [0, 0.05) is 19.6 Å². The molecule has 1 saturated carbocycles. The molecule has 0 aromatic rings.